The number of carbonyl (C=O) groups excluding carboxylic acids is 1. The predicted octanol–water partition coefficient (Wildman–Crippen LogP) is 7.44. The van der Waals surface area contributed by atoms with Gasteiger partial charge in [0, 0.05) is 10.9 Å². The van der Waals surface area contributed by atoms with E-state index in [1.807, 2.05) is 6.92 Å². The van der Waals surface area contributed by atoms with Gasteiger partial charge in [0.25, 0.3) is 0 Å². The van der Waals surface area contributed by atoms with Crippen molar-refractivity contribution in [3.05, 3.63) is 59.2 Å². The molecule has 0 radical (unpaired) electrons. The lowest BCUT2D eigenvalue weighted by Crippen LogP contribution is -2.26. The molecule has 3 aromatic rings. The highest BCUT2D eigenvalue weighted by Crippen LogP contribution is 2.41. The zero-order valence-electron chi connectivity index (χ0n) is 18.0. The van der Waals surface area contributed by atoms with Crippen LogP contribution in [0.3, 0.4) is 0 Å². The topological polar surface area (TPSA) is 51.7 Å². The van der Waals surface area contributed by atoms with Crippen LogP contribution >= 0.6 is 11.3 Å². The quantitative estimate of drug-likeness (QED) is 0.247. The lowest BCUT2D eigenvalue weighted by molar-refractivity contribution is -0.138. The Bertz CT molecular complexity index is 1080. The van der Waals surface area contributed by atoms with Gasteiger partial charge in [0.05, 0.1) is 30.7 Å². The van der Waals surface area contributed by atoms with E-state index in [0.717, 1.165) is 42.3 Å². The molecule has 176 valence electrons. The highest BCUT2D eigenvalue weighted by atomic mass is 32.1. The Morgan fingerprint density at radius 2 is 1.85 bits per heavy atom. The monoisotopic (exact) mass is 482 g/mol. The SMILES string of the molecule is CCCCCOc1ccc(N(C(=O)OC)c2nc(-c3ccc(F)cc3)cs2)cc1C(F)(F)F. The van der Waals surface area contributed by atoms with Crippen LogP contribution in [0.2, 0.25) is 0 Å². The molecule has 0 saturated carbocycles. The van der Waals surface area contributed by atoms with Gasteiger partial charge < -0.3 is 9.47 Å². The zero-order chi connectivity index (χ0) is 24.0. The van der Waals surface area contributed by atoms with Gasteiger partial charge in [-0.3, -0.25) is 0 Å². The number of rotatable bonds is 8. The van der Waals surface area contributed by atoms with Crippen LogP contribution in [-0.2, 0) is 10.9 Å². The van der Waals surface area contributed by atoms with Crippen molar-refractivity contribution in [2.45, 2.75) is 32.4 Å². The number of nitrogens with zero attached hydrogens (tertiary/aromatic N) is 2. The number of benzene rings is 2. The van der Waals surface area contributed by atoms with Crippen molar-refractivity contribution in [1.82, 2.24) is 4.98 Å². The van der Waals surface area contributed by atoms with E-state index >= 15 is 0 Å². The second-order valence-electron chi connectivity index (χ2n) is 7.06. The number of hydrogen-bond donors (Lipinski definition) is 0. The molecule has 1 heterocycles. The Morgan fingerprint density at radius 1 is 1.12 bits per heavy atom. The minimum Gasteiger partial charge on any atom is -0.493 e. The van der Waals surface area contributed by atoms with E-state index in [1.54, 1.807) is 5.38 Å². The Morgan fingerprint density at radius 3 is 2.48 bits per heavy atom. The molecule has 0 bridgehead atoms. The van der Waals surface area contributed by atoms with Crippen molar-refractivity contribution < 1.29 is 31.8 Å². The molecule has 0 fully saturated rings. The number of unbranched alkanes of at least 4 members (excludes halogenated alkanes) is 2. The fourth-order valence-corrected chi connectivity index (χ4v) is 3.89. The summed E-state index contributed by atoms with van der Waals surface area (Å²) >= 11 is 1.04. The predicted molar refractivity (Wildman–Crippen MR) is 119 cm³/mol. The van der Waals surface area contributed by atoms with Crippen LogP contribution in [0.25, 0.3) is 11.3 Å². The third kappa shape index (κ3) is 6.01. The van der Waals surface area contributed by atoms with E-state index in [9.17, 15) is 22.4 Å². The molecule has 5 nitrogen and oxygen atoms in total. The molecular weight excluding hydrogens is 460 g/mol. The van der Waals surface area contributed by atoms with Gasteiger partial charge in [-0.05, 0) is 48.9 Å². The molecule has 1 aromatic heterocycles. The Kier molecular flexibility index (Phi) is 7.91. The first-order chi connectivity index (χ1) is 15.7. The first-order valence-corrected chi connectivity index (χ1v) is 11.1. The van der Waals surface area contributed by atoms with Crippen molar-refractivity contribution >= 4 is 28.2 Å². The second-order valence-corrected chi connectivity index (χ2v) is 7.90. The Balaban J connectivity index is 1.97. The van der Waals surface area contributed by atoms with Gasteiger partial charge in [0.1, 0.15) is 11.6 Å². The van der Waals surface area contributed by atoms with Crippen LogP contribution < -0.4 is 9.64 Å². The van der Waals surface area contributed by atoms with Crippen LogP contribution in [0.4, 0.5) is 33.2 Å². The molecule has 0 spiro atoms. The van der Waals surface area contributed by atoms with Gasteiger partial charge in [-0.25, -0.2) is 19.1 Å². The minimum atomic E-state index is -4.69. The van der Waals surface area contributed by atoms with Crippen LogP contribution in [0.1, 0.15) is 31.7 Å². The maximum absolute atomic E-state index is 13.8. The molecule has 0 N–H and O–H groups in total. The van der Waals surface area contributed by atoms with Crippen molar-refractivity contribution in [2.24, 2.45) is 0 Å². The zero-order valence-corrected chi connectivity index (χ0v) is 18.8. The molecule has 0 aliphatic heterocycles. The molecule has 3 rings (SSSR count). The molecule has 2 aromatic carbocycles. The molecule has 10 heteroatoms. The minimum absolute atomic E-state index is 0.0740. The number of carbonyl (C=O) groups is 1. The van der Waals surface area contributed by atoms with E-state index < -0.39 is 23.7 Å². The number of halogens is 4. The van der Waals surface area contributed by atoms with Crippen molar-refractivity contribution in [2.75, 3.05) is 18.6 Å². The molecular formula is C23H22F4N2O3S. The second kappa shape index (κ2) is 10.7. The lowest BCUT2D eigenvalue weighted by Gasteiger charge is -2.21. The maximum Gasteiger partial charge on any atom is 0.420 e. The van der Waals surface area contributed by atoms with Crippen LogP contribution in [0, 0.1) is 5.82 Å². The first-order valence-electron chi connectivity index (χ1n) is 10.2. The van der Waals surface area contributed by atoms with E-state index in [2.05, 4.69) is 4.98 Å². The summed E-state index contributed by atoms with van der Waals surface area (Å²) in [5, 5.41) is 1.72. The molecule has 0 aliphatic rings. The summed E-state index contributed by atoms with van der Waals surface area (Å²) in [6.07, 6.45) is -3.21. The third-order valence-corrected chi connectivity index (χ3v) is 5.54. The standard InChI is InChI=1S/C23H22F4N2O3S/c1-3-4-5-12-32-20-11-10-17(13-18(20)23(25,26)27)29(22(30)31-2)21-28-19(14-33-21)15-6-8-16(24)9-7-15/h6-11,13-14H,3-5,12H2,1-2H3. The van der Waals surface area contributed by atoms with Gasteiger partial charge in [-0.2, -0.15) is 13.2 Å². The normalized spacial score (nSPS) is 11.3. The summed E-state index contributed by atoms with van der Waals surface area (Å²) in [6.45, 7) is 2.14. The molecule has 1 amide bonds. The number of methoxy groups -OCH3 is 1. The number of thiazole rings is 1. The fraction of sp³-hybridized carbons (Fsp3) is 0.304. The molecule has 0 unspecified atom stereocenters. The maximum atomic E-state index is 13.8. The Labute approximate surface area is 192 Å². The van der Waals surface area contributed by atoms with Crippen molar-refractivity contribution in [3.8, 4) is 17.0 Å². The summed E-state index contributed by atoms with van der Waals surface area (Å²) in [6, 6.07) is 8.94. The number of hydrogen-bond acceptors (Lipinski definition) is 5. The van der Waals surface area contributed by atoms with Crippen LogP contribution in [0.15, 0.2) is 47.8 Å². The highest BCUT2D eigenvalue weighted by Gasteiger charge is 2.36. The summed E-state index contributed by atoms with van der Waals surface area (Å²) in [5.41, 5.74) is -0.0397. The molecule has 0 aliphatic carbocycles. The summed E-state index contributed by atoms with van der Waals surface area (Å²) in [7, 11) is 1.12. The fourth-order valence-electron chi connectivity index (χ4n) is 3.04. The average molecular weight is 482 g/mol. The van der Waals surface area contributed by atoms with E-state index in [-0.39, 0.29) is 23.2 Å². The Hall–Kier alpha value is -3.14. The lowest BCUT2D eigenvalue weighted by atomic mass is 10.1. The molecule has 33 heavy (non-hydrogen) atoms. The average Bonchev–Trinajstić information content (AvgIpc) is 3.26. The highest BCUT2D eigenvalue weighted by molar-refractivity contribution is 7.14. The number of ether oxygens (including phenoxy) is 2. The number of aromatic nitrogens is 1. The summed E-state index contributed by atoms with van der Waals surface area (Å²) < 4.78 is 64.6. The number of alkyl halides is 3. The van der Waals surface area contributed by atoms with Gasteiger partial charge in [-0.1, -0.05) is 19.8 Å². The van der Waals surface area contributed by atoms with E-state index in [4.69, 9.17) is 9.47 Å². The van der Waals surface area contributed by atoms with Gasteiger partial charge in [-0.15, -0.1) is 11.3 Å². The number of amides is 1. The van der Waals surface area contributed by atoms with E-state index in [0.29, 0.717) is 17.7 Å². The smallest absolute Gasteiger partial charge is 0.420 e. The van der Waals surface area contributed by atoms with Gasteiger partial charge in [0.2, 0.25) is 0 Å². The van der Waals surface area contributed by atoms with Gasteiger partial charge in [0.15, 0.2) is 5.13 Å². The van der Waals surface area contributed by atoms with Crippen molar-refractivity contribution in [3.63, 3.8) is 0 Å². The third-order valence-electron chi connectivity index (χ3n) is 4.71. The van der Waals surface area contributed by atoms with Crippen LogP contribution in [-0.4, -0.2) is 24.8 Å². The summed E-state index contributed by atoms with van der Waals surface area (Å²) in [4.78, 5) is 17.8. The number of anilines is 2. The first kappa shape index (κ1) is 24.5. The largest absolute Gasteiger partial charge is 0.493 e. The van der Waals surface area contributed by atoms with E-state index in [1.165, 1.54) is 36.4 Å². The van der Waals surface area contributed by atoms with Gasteiger partial charge >= 0.3 is 12.3 Å². The molecule has 0 saturated heterocycles. The molecule has 0 atom stereocenters. The van der Waals surface area contributed by atoms with Crippen LogP contribution in [0.5, 0.6) is 5.75 Å². The summed E-state index contributed by atoms with van der Waals surface area (Å²) in [5.74, 6) is -0.722. The van der Waals surface area contributed by atoms with Crippen molar-refractivity contribution in [1.29, 1.82) is 0 Å².